The van der Waals surface area contributed by atoms with Crippen LogP contribution in [0, 0.1) is 5.92 Å². The van der Waals surface area contributed by atoms with E-state index in [1.54, 1.807) is 0 Å². The zero-order chi connectivity index (χ0) is 17.1. The Bertz CT molecular complexity index is 560. The molecule has 0 aromatic heterocycles. The molecule has 2 aliphatic rings. The van der Waals surface area contributed by atoms with E-state index in [4.69, 9.17) is 11.6 Å². The number of hydrogen-bond donors (Lipinski definition) is 0. The summed E-state index contributed by atoms with van der Waals surface area (Å²) in [5.41, 5.74) is 1.25. The summed E-state index contributed by atoms with van der Waals surface area (Å²) in [7, 11) is 4.22. The fourth-order valence-corrected chi connectivity index (χ4v) is 3.66. The molecule has 0 radical (unpaired) electrons. The fraction of sp³-hybridized carbons (Fsp3) is 0.632. The van der Waals surface area contributed by atoms with Crippen molar-refractivity contribution in [1.82, 2.24) is 14.7 Å². The first kappa shape index (κ1) is 17.7. The molecular formula is C19H28ClN3O. The van der Waals surface area contributed by atoms with Crippen molar-refractivity contribution in [2.45, 2.75) is 18.8 Å². The molecule has 0 spiro atoms. The molecule has 0 bridgehead atoms. The second-order valence-corrected chi connectivity index (χ2v) is 7.76. The average molecular weight is 350 g/mol. The summed E-state index contributed by atoms with van der Waals surface area (Å²) in [5, 5.41) is 0.757. The average Bonchev–Trinajstić information content (AvgIpc) is 3.37. The first-order valence-corrected chi connectivity index (χ1v) is 9.34. The van der Waals surface area contributed by atoms with Crippen molar-refractivity contribution in [3.05, 3.63) is 34.9 Å². The zero-order valence-electron chi connectivity index (χ0n) is 14.7. The lowest BCUT2D eigenvalue weighted by Gasteiger charge is -2.23. The minimum Gasteiger partial charge on any atom is -0.341 e. The molecule has 1 saturated carbocycles. The van der Waals surface area contributed by atoms with Gasteiger partial charge in [-0.15, -0.1) is 0 Å². The van der Waals surface area contributed by atoms with Gasteiger partial charge in [0.1, 0.15) is 0 Å². The zero-order valence-corrected chi connectivity index (χ0v) is 15.5. The molecule has 2 unspecified atom stereocenters. The first-order valence-electron chi connectivity index (χ1n) is 8.96. The Labute approximate surface area is 150 Å². The monoisotopic (exact) mass is 349 g/mol. The van der Waals surface area contributed by atoms with Crippen LogP contribution in [0.1, 0.15) is 24.3 Å². The van der Waals surface area contributed by atoms with Crippen molar-refractivity contribution in [1.29, 1.82) is 0 Å². The summed E-state index contributed by atoms with van der Waals surface area (Å²) >= 11 is 5.95. The lowest BCUT2D eigenvalue weighted by Crippen LogP contribution is -2.37. The maximum Gasteiger partial charge on any atom is 0.226 e. The van der Waals surface area contributed by atoms with Gasteiger partial charge in [-0.25, -0.2) is 0 Å². The standard InChI is InChI=1S/C19H28ClN3O/c1-21(2)10-11-22-8-3-9-23(13-12-22)19(24)18-14-17(18)15-4-6-16(20)7-5-15/h4-7,17-18H,3,8-14H2,1-2H3. The van der Waals surface area contributed by atoms with Crippen LogP contribution in [-0.4, -0.2) is 74.0 Å². The highest BCUT2D eigenvalue weighted by molar-refractivity contribution is 6.30. The van der Waals surface area contributed by atoms with E-state index < -0.39 is 0 Å². The number of carbonyl (C=O) groups excluding carboxylic acids is 1. The quantitative estimate of drug-likeness (QED) is 0.817. The minimum atomic E-state index is 0.180. The van der Waals surface area contributed by atoms with Crippen LogP contribution in [0.25, 0.3) is 0 Å². The van der Waals surface area contributed by atoms with Gasteiger partial charge in [-0.2, -0.15) is 0 Å². The van der Waals surface area contributed by atoms with Crippen LogP contribution in [0.15, 0.2) is 24.3 Å². The Balaban J connectivity index is 1.50. The molecule has 1 amide bonds. The van der Waals surface area contributed by atoms with Gasteiger partial charge in [0.05, 0.1) is 0 Å². The van der Waals surface area contributed by atoms with Crippen molar-refractivity contribution in [2.75, 3.05) is 53.4 Å². The normalized spacial score (nSPS) is 24.9. The largest absolute Gasteiger partial charge is 0.341 e. The third-order valence-corrected chi connectivity index (χ3v) is 5.42. The molecular weight excluding hydrogens is 322 g/mol. The predicted molar refractivity (Wildman–Crippen MR) is 98.5 cm³/mol. The summed E-state index contributed by atoms with van der Waals surface area (Å²) in [6.07, 6.45) is 2.07. The Morgan fingerprint density at radius 3 is 2.62 bits per heavy atom. The van der Waals surface area contributed by atoms with E-state index in [1.165, 1.54) is 5.56 Å². The molecule has 2 fully saturated rings. The third kappa shape index (κ3) is 4.50. The number of benzene rings is 1. The third-order valence-electron chi connectivity index (χ3n) is 5.17. The van der Waals surface area contributed by atoms with Gasteiger partial charge in [0.25, 0.3) is 0 Å². The topological polar surface area (TPSA) is 26.8 Å². The van der Waals surface area contributed by atoms with E-state index in [9.17, 15) is 4.79 Å². The maximum atomic E-state index is 12.8. The van der Waals surface area contributed by atoms with Crippen LogP contribution in [0.3, 0.4) is 0 Å². The Morgan fingerprint density at radius 2 is 1.92 bits per heavy atom. The highest BCUT2D eigenvalue weighted by Crippen LogP contribution is 2.48. The SMILES string of the molecule is CN(C)CCN1CCCN(C(=O)C2CC2c2ccc(Cl)cc2)CC1. The Kier molecular flexibility index (Phi) is 5.80. The summed E-state index contributed by atoms with van der Waals surface area (Å²) < 4.78 is 0. The molecule has 1 aliphatic carbocycles. The van der Waals surface area contributed by atoms with Crippen molar-refractivity contribution in [2.24, 2.45) is 5.92 Å². The number of likely N-dealkylation sites (N-methyl/N-ethyl adjacent to an activating group) is 1. The van der Waals surface area contributed by atoms with E-state index in [1.807, 2.05) is 12.1 Å². The summed E-state index contributed by atoms with van der Waals surface area (Å²) in [6, 6.07) is 7.97. The van der Waals surface area contributed by atoms with Crippen LogP contribution in [0.5, 0.6) is 0 Å². The molecule has 1 aromatic carbocycles. The van der Waals surface area contributed by atoms with Crippen molar-refractivity contribution < 1.29 is 4.79 Å². The second kappa shape index (κ2) is 7.85. The van der Waals surface area contributed by atoms with Crippen molar-refractivity contribution >= 4 is 17.5 Å². The number of halogens is 1. The minimum absolute atomic E-state index is 0.180. The number of rotatable bonds is 5. The van der Waals surface area contributed by atoms with Crippen LogP contribution < -0.4 is 0 Å². The number of hydrogen-bond acceptors (Lipinski definition) is 3. The molecule has 0 N–H and O–H groups in total. The fourth-order valence-electron chi connectivity index (χ4n) is 3.54. The van der Waals surface area contributed by atoms with E-state index >= 15 is 0 Å². The lowest BCUT2D eigenvalue weighted by atomic mass is 10.1. The molecule has 1 aromatic rings. The summed E-state index contributed by atoms with van der Waals surface area (Å²) in [4.78, 5) is 19.6. The lowest BCUT2D eigenvalue weighted by molar-refractivity contribution is -0.132. The molecule has 2 atom stereocenters. The van der Waals surface area contributed by atoms with Crippen LogP contribution in [0.2, 0.25) is 5.02 Å². The van der Waals surface area contributed by atoms with E-state index in [2.05, 4.69) is 40.9 Å². The van der Waals surface area contributed by atoms with E-state index in [0.717, 1.165) is 57.1 Å². The number of carbonyl (C=O) groups is 1. The molecule has 3 rings (SSSR count). The van der Waals surface area contributed by atoms with Gasteiger partial charge in [-0.05, 0) is 57.1 Å². The van der Waals surface area contributed by atoms with Gasteiger partial charge in [-0.1, -0.05) is 23.7 Å². The van der Waals surface area contributed by atoms with Crippen molar-refractivity contribution in [3.8, 4) is 0 Å². The van der Waals surface area contributed by atoms with E-state index in [0.29, 0.717) is 11.8 Å². The second-order valence-electron chi connectivity index (χ2n) is 7.32. The molecule has 1 aliphatic heterocycles. The molecule has 5 heteroatoms. The molecule has 1 heterocycles. The van der Waals surface area contributed by atoms with Gasteiger partial charge in [-0.3, -0.25) is 4.79 Å². The molecule has 4 nitrogen and oxygen atoms in total. The Morgan fingerprint density at radius 1 is 1.17 bits per heavy atom. The predicted octanol–water partition coefficient (Wildman–Crippen LogP) is 2.54. The molecule has 24 heavy (non-hydrogen) atoms. The van der Waals surface area contributed by atoms with Gasteiger partial charge in [0.15, 0.2) is 0 Å². The van der Waals surface area contributed by atoms with Gasteiger partial charge in [0, 0.05) is 43.7 Å². The van der Waals surface area contributed by atoms with Crippen LogP contribution in [-0.2, 0) is 4.79 Å². The van der Waals surface area contributed by atoms with Crippen LogP contribution in [0.4, 0.5) is 0 Å². The highest BCUT2D eigenvalue weighted by atomic mass is 35.5. The Hall–Kier alpha value is -1.10. The van der Waals surface area contributed by atoms with Crippen molar-refractivity contribution in [3.63, 3.8) is 0 Å². The smallest absolute Gasteiger partial charge is 0.226 e. The summed E-state index contributed by atoms with van der Waals surface area (Å²) in [5.74, 6) is 0.923. The van der Waals surface area contributed by atoms with Gasteiger partial charge < -0.3 is 14.7 Å². The van der Waals surface area contributed by atoms with E-state index in [-0.39, 0.29) is 5.92 Å². The molecule has 1 saturated heterocycles. The highest BCUT2D eigenvalue weighted by Gasteiger charge is 2.45. The number of nitrogens with zero attached hydrogens (tertiary/aromatic N) is 3. The summed E-state index contributed by atoms with van der Waals surface area (Å²) in [6.45, 7) is 6.04. The number of amides is 1. The maximum absolute atomic E-state index is 12.8. The van der Waals surface area contributed by atoms with Crippen LogP contribution >= 0.6 is 11.6 Å². The molecule has 132 valence electrons. The van der Waals surface area contributed by atoms with Gasteiger partial charge in [0.2, 0.25) is 5.91 Å². The van der Waals surface area contributed by atoms with Gasteiger partial charge >= 0.3 is 0 Å². The first-order chi connectivity index (χ1) is 11.5.